The molecule has 0 bridgehead atoms. The zero-order chi connectivity index (χ0) is 14.2. The van der Waals surface area contributed by atoms with E-state index in [0.29, 0.717) is 5.92 Å². The molecule has 19 heavy (non-hydrogen) atoms. The Hall–Kier alpha value is -0.660. The van der Waals surface area contributed by atoms with E-state index in [-0.39, 0.29) is 16.2 Å². The summed E-state index contributed by atoms with van der Waals surface area (Å²) >= 11 is 2.96. The van der Waals surface area contributed by atoms with E-state index in [1.807, 2.05) is 0 Å². The maximum Gasteiger partial charge on any atom is 0.243 e. The minimum Gasteiger partial charge on any atom is -0.399 e. The van der Waals surface area contributed by atoms with E-state index in [4.69, 9.17) is 5.73 Å². The van der Waals surface area contributed by atoms with Gasteiger partial charge in [0.2, 0.25) is 10.0 Å². The third kappa shape index (κ3) is 3.09. The number of hydrogen-bond acceptors (Lipinski definition) is 3. The van der Waals surface area contributed by atoms with E-state index in [0.717, 1.165) is 25.3 Å². The van der Waals surface area contributed by atoms with Gasteiger partial charge in [0.05, 0.1) is 4.47 Å². The van der Waals surface area contributed by atoms with Crippen molar-refractivity contribution in [1.82, 2.24) is 4.72 Å². The molecule has 1 unspecified atom stereocenters. The molecule has 0 radical (unpaired) electrons. The minimum atomic E-state index is -3.89. The Morgan fingerprint density at radius 3 is 2.63 bits per heavy atom. The van der Waals surface area contributed by atoms with Crippen LogP contribution in [-0.4, -0.2) is 14.5 Å². The fourth-order valence-electron chi connectivity index (χ4n) is 2.12. The first-order valence-corrected chi connectivity index (χ1v) is 8.35. The van der Waals surface area contributed by atoms with Gasteiger partial charge in [-0.3, -0.25) is 0 Å². The van der Waals surface area contributed by atoms with Crippen LogP contribution in [0.25, 0.3) is 0 Å². The summed E-state index contributed by atoms with van der Waals surface area (Å²) < 4.78 is 40.8. The summed E-state index contributed by atoms with van der Waals surface area (Å²) in [4.78, 5) is -0.412. The average molecular weight is 351 g/mol. The Morgan fingerprint density at radius 2 is 2.11 bits per heavy atom. The molecule has 4 nitrogen and oxygen atoms in total. The van der Waals surface area contributed by atoms with Crippen LogP contribution in [0.4, 0.5) is 10.1 Å². The summed E-state index contributed by atoms with van der Waals surface area (Å²) in [6.45, 7) is 1.81. The van der Waals surface area contributed by atoms with E-state index in [2.05, 4.69) is 20.7 Å². The Balaban J connectivity index is 2.28. The molecule has 0 aliphatic heterocycles. The van der Waals surface area contributed by atoms with Gasteiger partial charge in [-0.25, -0.2) is 17.5 Å². The molecule has 3 N–H and O–H groups in total. The van der Waals surface area contributed by atoms with Crippen molar-refractivity contribution in [3.8, 4) is 0 Å². The smallest absolute Gasteiger partial charge is 0.243 e. The number of nitrogens with one attached hydrogen (secondary N) is 1. The molecular weight excluding hydrogens is 335 g/mol. The number of benzene rings is 1. The molecule has 0 heterocycles. The normalized spacial score (nSPS) is 18.1. The maximum atomic E-state index is 13.9. The van der Waals surface area contributed by atoms with Gasteiger partial charge >= 0.3 is 0 Å². The molecule has 1 saturated carbocycles. The molecule has 0 aromatic heterocycles. The van der Waals surface area contributed by atoms with Crippen LogP contribution < -0.4 is 10.5 Å². The lowest BCUT2D eigenvalue weighted by molar-refractivity contribution is 0.260. The van der Waals surface area contributed by atoms with Crippen LogP contribution in [0.5, 0.6) is 0 Å². The number of nitrogen functional groups attached to an aromatic ring is 1. The molecule has 1 aliphatic carbocycles. The molecule has 1 aromatic rings. The number of nitrogens with two attached hydrogens (primary N) is 1. The Bertz CT molecular complexity index is 588. The molecular formula is C12H16BrFN2O2S. The monoisotopic (exact) mass is 350 g/mol. The first kappa shape index (κ1) is 14.7. The molecule has 0 saturated heterocycles. The van der Waals surface area contributed by atoms with Crippen LogP contribution in [0, 0.1) is 11.7 Å². The third-order valence-electron chi connectivity index (χ3n) is 3.50. The second-order valence-corrected chi connectivity index (χ2v) is 7.45. The average Bonchev–Trinajstić information content (AvgIpc) is 2.19. The van der Waals surface area contributed by atoms with Gasteiger partial charge in [-0.2, -0.15) is 0 Å². The van der Waals surface area contributed by atoms with Crippen molar-refractivity contribution in [2.24, 2.45) is 5.92 Å². The summed E-state index contributed by atoms with van der Waals surface area (Å²) in [5.74, 6) is -0.482. The maximum absolute atomic E-state index is 13.9. The summed E-state index contributed by atoms with van der Waals surface area (Å²) in [5, 5.41) is 0. The zero-order valence-corrected chi connectivity index (χ0v) is 12.9. The highest BCUT2D eigenvalue weighted by atomic mass is 79.9. The van der Waals surface area contributed by atoms with Crippen LogP contribution in [0.15, 0.2) is 21.5 Å². The molecule has 1 atom stereocenters. The Kier molecular flexibility index (Phi) is 4.17. The first-order valence-electron chi connectivity index (χ1n) is 6.08. The molecule has 0 amide bonds. The zero-order valence-electron chi connectivity index (χ0n) is 10.5. The highest BCUT2D eigenvalue weighted by Crippen LogP contribution is 2.31. The molecule has 1 fully saturated rings. The van der Waals surface area contributed by atoms with E-state index < -0.39 is 20.7 Å². The number of anilines is 1. The second kappa shape index (κ2) is 5.38. The van der Waals surface area contributed by atoms with Crippen molar-refractivity contribution in [1.29, 1.82) is 0 Å². The molecule has 2 rings (SSSR count). The summed E-state index contributed by atoms with van der Waals surface area (Å²) in [5.41, 5.74) is 5.76. The van der Waals surface area contributed by atoms with E-state index in [1.165, 1.54) is 6.07 Å². The van der Waals surface area contributed by atoms with Gasteiger partial charge in [-0.15, -0.1) is 0 Å². The van der Waals surface area contributed by atoms with Crippen molar-refractivity contribution < 1.29 is 12.8 Å². The lowest BCUT2D eigenvalue weighted by Gasteiger charge is -2.31. The number of halogens is 2. The highest BCUT2D eigenvalue weighted by molar-refractivity contribution is 9.10. The van der Waals surface area contributed by atoms with E-state index >= 15 is 0 Å². The van der Waals surface area contributed by atoms with Gasteiger partial charge in [-0.05, 0) is 53.7 Å². The summed E-state index contributed by atoms with van der Waals surface area (Å²) in [6, 6.07) is 2.28. The number of sulfonamides is 1. The molecule has 106 valence electrons. The van der Waals surface area contributed by atoms with Crippen LogP contribution in [0.3, 0.4) is 0 Å². The standard InChI is InChI=1S/C12H16BrFN2O2S/c1-7(8-3-2-4-8)16-19(17,18)11-6-9(15)5-10(13)12(11)14/h5-8,16H,2-4,15H2,1H3. The fourth-order valence-corrected chi connectivity index (χ4v) is 4.18. The molecule has 1 aliphatic rings. The first-order chi connectivity index (χ1) is 8.81. The van der Waals surface area contributed by atoms with Crippen LogP contribution in [-0.2, 0) is 10.0 Å². The van der Waals surface area contributed by atoms with Gasteiger partial charge in [0, 0.05) is 11.7 Å². The largest absolute Gasteiger partial charge is 0.399 e. The lowest BCUT2D eigenvalue weighted by atomic mass is 9.81. The SMILES string of the molecule is CC(NS(=O)(=O)c1cc(N)cc(Br)c1F)C1CCC1. The molecule has 1 aromatic carbocycles. The van der Waals surface area contributed by atoms with E-state index in [1.54, 1.807) is 6.92 Å². The van der Waals surface area contributed by atoms with Crippen LogP contribution in [0.1, 0.15) is 26.2 Å². The van der Waals surface area contributed by atoms with Crippen molar-refractivity contribution >= 4 is 31.6 Å². The van der Waals surface area contributed by atoms with Crippen molar-refractivity contribution in [2.75, 3.05) is 5.73 Å². The highest BCUT2D eigenvalue weighted by Gasteiger charge is 2.29. The van der Waals surface area contributed by atoms with Gasteiger partial charge in [0.25, 0.3) is 0 Å². The van der Waals surface area contributed by atoms with Gasteiger partial charge in [0.15, 0.2) is 5.82 Å². The van der Waals surface area contributed by atoms with Gasteiger partial charge in [0.1, 0.15) is 4.90 Å². The second-order valence-electron chi connectivity index (χ2n) is 4.92. The summed E-state index contributed by atoms with van der Waals surface area (Å²) in [7, 11) is -3.89. The fraction of sp³-hybridized carbons (Fsp3) is 0.500. The topological polar surface area (TPSA) is 72.2 Å². The minimum absolute atomic E-state index is 0.0455. The van der Waals surface area contributed by atoms with Crippen molar-refractivity contribution in [3.05, 3.63) is 22.4 Å². The summed E-state index contributed by atoms with van der Waals surface area (Å²) in [6.07, 6.45) is 3.13. The van der Waals surface area contributed by atoms with Gasteiger partial charge < -0.3 is 5.73 Å². The van der Waals surface area contributed by atoms with Crippen LogP contribution >= 0.6 is 15.9 Å². The van der Waals surface area contributed by atoms with Crippen molar-refractivity contribution in [2.45, 2.75) is 37.1 Å². The predicted octanol–water partition coefficient (Wildman–Crippen LogP) is 2.64. The molecule has 7 heteroatoms. The van der Waals surface area contributed by atoms with Crippen LogP contribution in [0.2, 0.25) is 0 Å². The number of rotatable bonds is 4. The van der Waals surface area contributed by atoms with Crippen molar-refractivity contribution in [3.63, 3.8) is 0 Å². The molecule has 0 spiro atoms. The predicted molar refractivity (Wildman–Crippen MR) is 75.6 cm³/mol. The number of hydrogen-bond donors (Lipinski definition) is 2. The van der Waals surface area contributed by atoms with E-state index in [9.17, 15) is 12.8 Å². The third-order valence-corrected chi connectivity index (χ3v) is 5.64. The Labute approximate surface area is 120 Å². The quantitative estimate of drug-likeness (QED) is 0.820. The Morgan fingerprint density at radius 1 is 1.47 bits per heavy atom. The van der Waals surface area contributed by atoms with Gasteiger partial charge in [-0.1, -0.05) is 6.42 Å². The lowest BCUT2D eigenvalue weighted by Crippen LogP contribution is -2.40.